The van der Waals surface area contributed by atoms with Crippen molar-refractivity contribution in [1.29, 1.82) is 0 Å². The minimum Gasteiger partial charge on any atom is -0.497 e. The summed E-state index contributed by atoms with van der Waals surface area (Å²) in [5, 5.41) is 2.64. The zero-order valence-electron chi connectivity index (χ0n) is 14.1. The van der Waals surface area contributed by atoms with E-state index in [1.165, 1.54) is 14.2 Å². The standard InChI is InChI=1S/C19H19NO5/c1-24-14-7-5-6-13(12-14)17(21)10-11-18(22)20-16-9-4-3-8-15(16)19(23)25-2/h3-9,12H,10-11H2,1-2H3,(H,20,22). The number of benzene rings is 2. The number of anilines is 1. The number of esters is 1. The summed E-state index contributed by atoms with van der Waals surface area (Å²) in [6, 6.07) is 13.3. The van der Waals surface area contributed by atoms with Gasteiger partial charge in [0, 0.05) is 18.4 Å². The summed E-state index contributed by atoms with van der Waals surface area (Å²) >= 11 is 0. The van der Waals surface area contributed by atoms with E-state index >= 15 is 0 Å². The molecule has 0 fully saturated rings. The zero-order valence-corrected chi connectivity index (χ0v) is 14.1. The van der Waals surface area contributed by atoms with Gasteiger partial charge in [-0.1, -0.05) is 24.3 Å². The van der Waals surface area contributed by atoms with Crippen LogP contribution in [0.25, 0.3) is 0 Å². The molecule has 1 amide bonds. The first-order valence-corrected chi connectivity index (χ1v) is 7.69. The first-order valence-electron chi connectivity index (χ1n) is 7.69. The van der Waals surface area contributed by atoms with Crippen LogP contribution >= 0.6 is 0 Å². The summed E-state index contributed by atoms with van der Waals surface area (Å²) in [6.45, 7) is 0. The van der Waals surface area contributed by atoms with Gasteiger partial charge in [0.05, 0.1) is 25.5 Å². The predicted octanol–water partition coefficient (Wildman–Crippen LogP) is 3.08. The Morgan fingerprint density at radius 3 is 2.44 bits per heavy atom. The van der Waals surface area contributed by atoms with Gasteiger partial charge >= 0.3 is 5.97 Å². The fourth-order valence-electron chi connectivity index (χ4n) is 2.26. The summed E-state index contributed by atoms with van der Waals surface area (Å²) in [6.07, 6.45) is 0.0605. The van der Waals surface area contributed by atoms with E-state index in [9.17, 15) is 14.4 Å². The molecule has 2 aromatic carbocycles. The highest BCUT2D eigenvalue weighted by molar-refractivity contribution is 6.03. The molecule has 0 spiro atoms. The first kappa shape index (κ1) is 18.2. The Labute approximate surface area is 145 Å². The number of para-hydroxylation sites is 1. The molecular weight excluding hydrogens is 322 g/mol. The Hall–Kier alpha value is -3.15. The number of Topliss-reactive ketones (excluding diaryl/α,β-unsaturated/α-hetero) is 1. The van der Waals surface area contributed by atoms with Gasteiger partial charge < -0.3 is 14.8 Å². The van der Waals surface area contributed by atoms with Gasteiger partial charge in [-0.15, -0.1) is 0 Å². The van der Waals surface area contributed by atoms with Crippen molar-refractivity contribution in [3.63, 3.8) is 0 Å². The highest BCUT2D eigenvalue weighted by atomic mass is 16.5. The van der Waals surface area contributed by atoms with Crippen molar-refractivity contribution in [3.05, 3.63) is 59.7 Å². The van der Waals surface area contributed by atoms with Crippen LogP contribution in [0.4, 0.5) is 5.69 Å². The molecule has 0 radical (unpaired) electrons. The van der Waals surface area contributed by atoms with Crippen molar-refractivity contribution in [2.24, 2.45) is 0 Å². The van der Waals surface area contributed by atoms with Gasteiger partial charge in [0.2, 0.25) is 5.91 Å². The Morgan fingerprint density at radius 1 is 0.960 bits per heavy atom. The zero-order chi connectivity index (χ0) is 18.2. The Morgan fingerprint density at radius 2 is 1.72 bits per heavy atom. The van der Waals surface area contributed by atoms with Crippen molar-refractivity contribution in [1.82, 2.24) is 0 Å². The normalized spacial score (nSPS) is 10.0. The van der Waals surface area contributed by atoms with E-state index in [0.29, 0.717) is 17.0 Å². The topological polar surface area (TPSA) is 81.7 Å². The number of hydrogen-bond acceptors (Lipinski definition) is 5. The van der Waals surface area contributed by atoms with Crippen LogP contribution in [0.2, 0.25) is 0 Å². The molecule has 0 aliphatic rings. The summed E-state index contributed by atoms with van der Waals surface area (Å²) in [5.41, 5.74) is 1.10. The van der Waals surface area contributed by atoms with Crippen LogP contribution < -0.4 is 10.1 Å². The molecule has 0 saturated heterocycles. The van der Waals surface area contributed by atoms with Crippen LogP contribution in [-0.4, -0.2) is 31.9 Å². The summed E-state index contributed by atoms with van der Waals surface area (Å²) in [7, 11) is 2.80. The molecule has 0 aliphatic heterocycles. The van der Waals surface area contributed by atoms with Crippen molar-refractivity contribution >= 4 is 23.3 Å². The number of methoxy groups -OCH3 is 2. The maximum Gasteiger partial charge on any atom is 0.339 e. The van der Waals surface area contributed by atoms with Crippen LogP contribution in [0.3, 0.4) is 0 Å². The molecule has 0 atom stereocenters. The summed E-state index contributed by atoms with van der Waals surface area (Å²) in [4.78, 5) is 36.0. The van der Waals surface area contributed by atoms with Gasteiger partial charge in [0.25, 0.3) is 0 Å². The molecule has 0 saturated carbocycles. The first-order chi connectivity index (χ1) is 12.0. The van der Waals surface area contributed by atoms with Crippen molar-refractivity contribution in [2.75, 3.05) is 19.5 Å². The van der Waals surface area contributed by atoms with E-state index in [-0.39, 0.29) is 30.1 Å². The average Bonchev–Trinajstić information content (AvgIpc) is 2.66. The molecule has 2 aromatic rings. The monoisotopic (exact) mass is 341 g/mol. The molecule has 2 rings (SSSR count). The number of hydrogen-bond donors (Lipinski definition) is 1. The lowest BCUT2D eigenvalue weighted by molar-refractivity contribution is -0.116. The highest BCUT2D eigenvalue weighted by Gasteiger charge is 2.14. The third-order valence-electron chi connectivity index (χ3n) is 3.58. The average molecular weight is 341 g/mol. The number of carbonyl (C=O) groups excluding carboxylic acids is 3. The number of carbonyl (C=O) groups is 3. The minimum absolute atomic E-state index is 0.00551. The van der Waals surface area contributed by atoms with Crippen LogP contribution in [0.5, 0.6) is 5.75 Å². The molecule has 0 bridgehead atoms. The second-order valence-electron chi connectivity index (χ2n) is 5.24. The van der Waals surface area contributed by atoms with E-state index in [1.54, 1.807) is 48.5 Å². The lowest BCUT2D eigenvalue weighted by Gasteiger charge is -2.09. The highest BCUT2D eigenvalue weighted by Crippen LogP contribution is 2.18. The second kappa shape index (κ2) is 8.63. The van der Waals surface area contributed by atoms with Crippen LogP contribution in [-0.2, 0) is 9.53 Å². The van der Waals surface area contributed by atoms with E-state index in [4.69, 9.17) is 4.74 Å². The van der Waals surface area contributed by atoms with Gasteiger partial charge in [-0.3, -0.25) is 9.59 Å². The number of nitrogens with one attached hydrogen (secondary N) is 1. The van der Waals surface area contributed by atoms with Gasteiger partial charge in [0.1, 0.15) is 5.75 Å². The van der Waals surface area contributed by atoms with Crippen molar-refractivity contribution in [2.45, 2.75) is 12.8 Å². The molecule has 130 valence electrons. The SMILES string of the molecule is COC(=O)c1ccccc1NC(=O)CCC(=O)c1cccc(OC)c1. The van der Waals surface area contributed by atoms with Crippen LogP contribution in [0, 0.1) is 0 Å². The Balaban J connectivity index is 1.97. The third-order valence-corrected chi connectivity index (χ3v) is 3.58. The molecule has 1 N–H and O–H groups in total. The molecule has 6 nitrogen and oxygen atoms in total. The quantitative estimate of drug-likeness (QED) is 0.618. The molecule has 6 heteroatoms. The fourth-order valence-corrected chi connectivity index (χ4v) is 2.26. The number of rotatable bonds is 7. The van der Waals surface area contributed by atoms with Gasteiger partial charge in [-0.05, 0) is 24.3 Å². The van der Waals surface area contributed by atoms with Crippen LogP contribution in [0.15, 0.2) is 48.5 Å². The minimum atomic E-state index is -0.539. The summed E-state index contributed by atoms with van der Waals surface area (Å²) < 4.78 is 9.76. The molecule has 0 aliphatic carbocycles. The number of ether oxygens (including phenoxy) is 2. The van der Waals surface area contributed by atoms with Gasteiger partial charge in [-0.2, -0.15) is 0 Å². The maximum absolute atomic E-state index is 12.2. The fraction of sp³-hybridized carbons (Fsp3) is 0.211. The van der Waals surface area contributed by atoms with Crippen molar-refractivity contribution < 1.29 is 23.9 Å². The molecular formula is C19H19NO5. The molecule has 0 unspecified atom stereocenters. The lowest BCUT2D eigenvalue weighted by Crippen LogP contribution is -2.16. The van der Waals surface area contributed by atoms with Crippen molar-refractivity contribution in [3.8, 4) is 5.75 Å². The number of ketones is 1. The summed E-state index contributed by atoms with van der Waals surface area (Å²) in [5.74, 6) is -0.464. The molecule has 0 aromatic heterocycles. The lowest BCUT2D eigenvalue weighted by atomic mass is 10.1. The predicted molar refractivity (Wildman–Crippen MR) is 93.0 cm³/mol. The van der Waals surface area contributed by atoms with E-state index in [2.05, 4.69) is 10.1 Å². The molecule has 25 heavy (non-hydrogen) atoms. The van der Waals surface area contributed by atoms with Gasteiger partial charge in [0.15, 0.2) is 5.78 Å². The van der Waals surface area contributed by atoms with Gasteiger partial charge in [-0.25, -0.2) is 4.79 Å². The maximum atomic E-state index is 12.2. The molecule has 0 heterocycles. The Bertz CT molecular complexity index is 785. The van der Waals surface area contributed by atoms with E-state index < -0.39 is 5.97 Å². The van der Waals surface area contributed by atoms with Crippen LogP contribution in [0.1, 0.15) is 33.6 Å². The third kappa shape index (κ3) is 4.91. The largest absolute Gasteiger partial charge is 0.497 e. The second-order valence-corrected chi connectivity index (χ2v) is 5.24. The Kier molecular flexibility index (Phi) is 6.28. The number of amides is 1. The van der Waals surface area contributed by atoms with E-state index in [1.807, 2.05) is 0 Å². The van der Waals surface area contributed by atoms with E-state index in [0.717, 1.165) is 0 Å². The smallest absolute Gasteiger partial charge is 0.339 e.